The number of amides is 2. The van der Waals surface area contributed by atoms with Gasteiger partial charge in [-0.05, 0) is 81.5 Å². The van der Waals surface area contributed by atoms with E-state index in [1.807, 2.05) is 0 Å². The topological polar surface area (TPSA) is 58.2 Å². The zero-order chi connectivity index (χ0) is 15.7. The van der Waals surface area contributed by atoms with Crippen molar-refractivity contribution >= 4 is 11.8 Å². The Hall–Kier alpha value is -1.06. The van der Waals surface area contributed by atoms with Gasteiger partial charge in [0.1, 0.15) is 0 Å². The van der Waals surface area contributed by atoms with Crippen LogP contribution in [-0.4, -0.2) is 23.9 Å². The van der Waals surface area contributed by atoms with Gasteiger partial charge in [-0.15, -0.1) is 0 Å². The quantitative estimate of drug-likeness (QED) is 0.819. The molecular formula is C19H28N2O2. The maximum Gasteiger partial charge on any atom is 0.226 e. The molecule has 4 bridgehead atoms. The standard InChI is InChI=1S/C19H28N2O2/c22-16(20-14-1-2-14)10-18-6-12-5-13(7-18)9-19(8-12,11-18)17(23)21-15-3-4-15/h12-15H,1-11H2,(H,20,22)(H,21,23). The molecule has 23 heavy (non-hydrogen) atoms. The molecule has 6 fully saturated rings. The number of carbonyl (C=O) groups is 2. The number of rotatable bonds is 5. The first-order chi connectivity index (χ1) is 11.0. The minimum absolute atomic E-state index is 0.115. The van der Waals surface area contributed by atoms with E-state index in [-0.39, 0.29) is 16.7 Å². The van der Waals surface area contributed by atoms with Gasteiger partial charge in [-0.1, -0.05) is 0 Å². The van der Waals surface area contributed by atoms with Crippen molar-refractivity contribution in [1.29, 1.82) is 0 Å². The monoisotopic (exact) mass is 316 g/mol. The molecule has 6 rings (SSSR count). The van der Waals surface area contributed by atoms with Gasteiger partial charge in [0, 0.05) is 18.5 Å². The molecule has 0 radical (unpaired) electrons. The van der Waals surface area contributed by atoms with E-state index in [2.05, 4.69) is 10.6 Å². The van der Waals surface area contributed by atoms with Crippen LogP contribution in [0, 0.1) is 22.7 Å². The Balaban J connectivity index is 1.35. The van der Waals surface area contributed by atoms with Gasteiger partial charge < -0.3 is 10.6 Å². The Kier molecular flexibility index (Phi) is 2.94. The lowest BCUT2D eigenvalue weighted by atomic mass is 9.43. The molecule has 2 N–H and O–H groups in total. The normalized spacial score (nSPS) is 44.2. The molecule has 0 aromatic rings. The summed E-state index contributed by atoms with van der Waals surface area (Å²) in [5, 5.41) is 6.46. The minimum atomic E-state index is -0.146. The van der Waals surface area contributed by atoms with Crippen molar-refractivity contribution in [1.82, 2.24) is 10.6 Å². The van der Waals surface area contributed by atoms with Gasteiger partial charge >= 0.3 is 0 Å². The van der Waals surface area contributed by atoms with Crippen LogP contribution in [0.1, 0.15) is 70.6 Å². The molecule has 0 aromatic carbocycles. The van der Waals surface area contributed by atoms with Gasteiger partial charge in [-0.3, -0.25) is 9.59 Å². The van der Waals surface area contributed by atoms with Crippen LogP contribution in [0.3, 0.4) is 0 Å². The molecule has 4 heteroatoms. The maximum absolute atomic E-state index is 13.0. The molecule has 2 atom stereocenters. The largest absolute Gasteiger partial charge is 0.353 e. The molecular weight excluding hydrogens is 288 g/mol. The fraction of sp³-hybridized carbons (Fsp3) is 0.895. The minimum Gasteiger partial charge on any atom is -0.353 e. The highest BCUT2D eigenvalue weighted by Crippen LogP contribution is 2.66. The molecule has 0 saturated heterocycles. The zero-order valence-corrected chi connectivity index (χ0v) is 13.9. The Morgan fingerprint density at radius 3 is 2.09 bits per heavy atom. The summed E-state index contributed by atoms with van der Waals surface area (Å²) >= 11 is 0. The maximum atomic E-state index is 13.0. The van der Waals surface area contributed by atoms with E-state index < -0.39 is 0 Å². The Morgan fingerprint density at radius 1 is 0.870 bits per heavy atom. The summed E-state index contributed by atoms with van der Waals surface area (Å²) in [5.74, 6) is 1.91. The molecule has 4 nitrogen and oxygen atoms in total. The van der Waals surface area contributed by atoms with Gasteiger partial charge in [0.25, 0.3) is 0 Å². The van der Waals surface area contributed by atoms with Crippen molar-refractivity contribution in [2.75, 3.05) is 0 Å². The average Bonchev–Trinajstić information content (AvgIpc) is 3.32. The van der Waals surface area contributed by atoms with E-state index in [9.17, 15) is 9.59 Å². The van der Waals surface area contributed by atoms with Crippen molar-refractivity contribution < 1.29 is 9.59 Å². The average molecular weight is 316 g/mol. The van der Waals surface area contributed by atoms with Crippen LogP contribution in [0.4, 0.5) is 0 Å². The number of nitrogens with one attached hydrogen (secondary N) is 2. The molecule has 0 spiro atoms. The lowest BCUT2D eigenvalue weighted by molar-refractivity contribution is -0.161. The summed E-state index contributed by atoms with van der Waals surface area (Å²) in [7, 11) is 0. The highest BCUT2D eigenvalue weighted by Gasteiger charge is 2.61. The molecule has 6 saturated carbocycles. The Bertz CT molecular complexity index is 536. The third kappa shape index (κ3) is 2.58. The summed E-state index contributed by atoms with van der Waals surface area (Å²) < 4.78 is 0. The first-order valence-corrected chi connectivity index (χ1v) is 9.65. The van der Waals surface area contributed by atoms with Crippen LogP contribution in [0.5, 0.6) is 0 Å². The molecule has 6 aliphatic rings. The lowest BCUT2D eigenvalue weighted by Gasteiger charge is -2.61. The molecule has 0 aliphatic heterocycles. The summed E-state index contributed by atoms with van der Waals surface area (Å²) in [6, 6.07) is 0.896. The fourth-order valence-corrected chi connectivity index (χ4v) is 6.34. The van der Waals surface area contributed by atoms with E-state index in [0.717, 1.165) is 44.9 Å². The Labute approximate surface area is 138 Å². The van der Waals surface area contributed by atoms with E-state index in [1.54, 1.807) is 0 Å². The lowest BCUT2D eigenvalue weighted by Crippen LogP contribution is -2.58. The summed E-state index contributed by atoms with van der Waals surface area (Å²) in [6.07, 6.45) is 12.0. The third-order valence-corrected chi connectivity index (χ3v) is 7.05. The van der Waals surface area contributed by atoms with Crippen molar-refractivity contribution in [3.8, 4) is 0 Å². The van der Waals surface area contributed by atoms with Gasteiger partial charge in [0.05, 0.1) is 5.41 Å². The van der Waals surface area contributed by atoms with Gasteiger partial charge in [-0.2, -0.15) is 0 Å². The van der Waals surface area contributed by atoms with E-state index in [1.165, 1.54) is 19.3 Å². The predicted molar refractivity (Wildman–Crippen MR) is 86.5 cm³/mol. The molecule has 6 aliphatic carbocycles. The number of hydrogen-bond acceptors (Lipinski definition) is 2. The van der Waals surface area contributed by atoms with Crippen LogP contribution in [0.15, 0.2) is 0 Å². The molecule has 0 heterocycles. The van der Waals surface area contributed by atoms with Crippen LogP contribution >= 0.6 is 0 Å². The highest BCUT2D eigenvalue weighted by atomic mass is 16.2. The third-order valence-electron chi connectivity index (χ3n) is 7.05. The number of hydrogen-bond donors (Lipinski definition) is 2. The zero-order valence-electron chi connectivity index (χ0n) is 13.9. The van der Waals surface area contributed by atoms with Crippen LogP contribution in [-0.2, 0) is 9.59 Å². The van der Waals surface area contributed by atoms with Crippen LogP contribution in [0.25, 0.3) is 0 Å². The first-order valence-electron chi connectivity index (χ1n) is 9.65. The second kappa shape index (κ2) is 4.73. The van der Waals surface area contributed by atoms with Crippen molar-refractivity contribution in [2.45, 2.75) is 82.7 Å². The molecule has 0 aromatic heterocycles. The highest BCUT2D eigenvalue weighted by molar-refractivity contribution is 5.84. The van der Waals surface area contributed by atoms with Gasteiger partial charge in [0.2, 0.25) is 11.8 Å². The molecule has 2 unspecified atom stereocenters. The van der Waals surface area contributed by atoms with E-state index in [0.29, 0.717) is 36.2 Å². The molecule has 2 amide bonds. The van der Waals surface area contributed by atoms with Crippen molar-refractivity contribution in [2.24, 2.45) is 22.7 Å². The predicted octanol–water partition coefficient (Wildman–Crippen LogP) is 2.52. The first kappa shape index (κ1) is 14.3. The molecule has 126 valence electrons. The van der Waals surface area contributed by atoms with Crippen LogP contribution in [0.2, 0.25) is 0 Å². The number of carbonyl (C=O) groups excluding carboxylic acids is 2. The smallest absolute Gasteiger partial charge is 0.226 e. The van der Waals surface area contributed by atoms with Gasteiger partial charge in [0.15, 0.2) is 0 Å². The summed E-state index contributed by atoms with van der Waals surface area (Å²) in [5.41, 5.74) is -0.0313. The Morgan fingerprint density at radius 2 is 1.48 bits per heavy atom. The summed E-state index contributed by atoms with van der Waals surface area (Å²) in [6.45, 7) is 0. The van der Waals surface area contributed by atoms with Crippen molar-refractivity contribution in [3.05, 3.63) is 0 Å². The summed E-state index contributed by atoms with van der Waals surface area (Å²) in [4.78, 5) is 25.4. The van der Waals surface area contributed by atoms with Crippen molar-refractivity contribution in [3.63, 3.8) is 0 Å². The SMILES string of the molecule is O=C(CC12CC3CC(C1)CC(C(=O)NC1CC1)(C3)C2)NC1CC1. The van der Waals surface area contributed by atoms with Crippen LogP contribution < -0.4 is 10.6 Å². The van der Waals surface area contributed by atoms with E-state index in [4.69, 9.17) is 0 Å². The fourth-order valence-electron chi connectivity index (χ4n) is 6.34. The second-order valence-corrected chi connectivity index (χ2v) is 9.51. The second-order valence-electron chi connectivity index (χ2n) is 9.51. The van der Waals surface area contributed by atoms with E-state index >= 15 is 0 Å². The van der Waals surface area contributed by atoms with Gasteiger partial charge in [-0.25, -0.2) is 0 Å².